The van der Waals surface area contributed by atoms with E-state index in [0.29, 0.717) is 25.9 Å². The van der Waals surface area contributed by atoms with Crippen molar-refractivity contribution in [2.24, 2.45) is 0 Å². The zero-order valence-electron chi connectivity index (χ0n) is 10.7. The quantitative estimate of drug-likeness (QED) is 0.716. The van der Waals surface area contributed by atoms with E-state index < -0.39 is 5.60 Å². The molecule has 17 heavy (non-hydrogen) atoms. The number of carbonyl (C=O) groups excluding carboxylic acids is 1. The van der Waals surface area contributed by atoms with E-state index in [0.717, 1.165) is 19.4 Å². The second-order valence-corrected chi connectivity index (χ2v) is 5.68. The van der Waals surface area contributed by atoms with Crippen LogP contribution in [0, 0.1) is 0 Å². The molecule has 2 aliphatic heterocycles. The first kappa shape index (κ1) is 12.8. The number of nitrogens with one attached hydrogen (secondary N) is 1. The summed E-state index contributed by atoms with van der Waals surface area (Å²) in [6, 6.07) is 0.0144. The van der Waals surface area contributed by atoms with E-state index in [1.165, 1.54) is 12.8 Å². The third-order valence-electron chi connectivity index (χ3n) is 4.01. The summed E-state index contributed by atoms with van der Waals surface area (Å²) in [5.74, 6) is 0.238. The molecule has 0 radical (unpaired) electrons. The van der Waals surface area contributed by atoms with Gasteiger partial charge in [-0.15, -0.1) is 0 Å². The molecule has 0 aromatic heterocycles. The minimum absolute atomic E-state index is 0.0144. The number of likely N-dealkylation sites (tertiary alicyclic amines) is 1. The minimum atomic E-state index is -0.576. The molecule has 1 atom stereocenters. The first-order valence-corrected chi connectivity index (χ1v) is 6.83. The molecule has 98 valence electrons. The van der Waals surface area contributed by atoms with Crippen LogP contribution in [0.25, 0.3) is 0 Å². The molecule has 0 saturated carbocycles. The lowest BCUT2D eigenvalue weighted by molar-refractivity contribution is -0.137. The van der Waals surface area contributed by atoms with Gasteiger partial charge in [0.05, 0.1) is 11.6 Å². The Morgan fingerprint density at radius 1 is 1.29 bits per heavy atom. The average molecular weight is 240 g/mol. The van der Waals surface area contributed by atoms with Gasteiger partial charge in [-0.25, -0.2) is 0 Å². The van der Waals surface area contributed by atoms with Gasteiger partial charge in [-0.3, -0.25) is 4.79 Å². The number of nitrogens with zero attached hydrogens (tertiary/aromatic N) is 1. The van der Waals surface area contributed by atoms with Crippen LogP contribution in [-0.4, -0.2) is 47.2 Å². The average Bonchev–Trinajstić information content (AvgIpc) is 2.56. The fourth-order valence-corrected chi connectivity index (χ4v) is 2.67. The number of aliphatic hydroxyl groups is 1. The van der Waals surface area contributed by atoms with Crippen molar-refractivity contribution in [3.05, 3.63) is 0 Å². The van der Waals surface area contributed by atoms with Crippen LogP contribution in [0.15, 0.2) is 0 Å². The van der Waals surface area contributed by atoms with E-state index in [9.17, 15) is 9.90 Å². The summed E-state index contributed by atoms with van der Waals surface area (Å²) in [7, 11) is 0. The van der Waals surface area contributed by atoms with Gasteiger partial charge in [0.15, 0.2) is 0 Å². The van der Waals surface area contributed by atoms with Gasteiger partial charge in [0.1, 0.15) is 0 Å². The van der Waals surface area contributed by atoms with Crippen LogP contribution in [0.1, 0.15) is 45.4 Å². The summed E-state index contributed by atoms with van der Waals surface area (Å²) in [6.07, 6.45) is 5.92. The monoisotopic (exact) mass is 240 g/mol. The Balaban J connectivity index is 1.87. The maximum absolute atomic E-state index is 12.3. The molecule has 0 aromatic rings. The van der Waals surface area contributed by atoms with Gasteiger partial charge in [-0.05, 0) is 39.2 Å². The number of rotatable bonds is 1. The highest BCUT2D eigenvalue weighted by molar-refractivity contribution is 5.82. The molecule has 0 spiro atoms. The minimum Gasteiger partial charge on any atom is -0.390 e. The van der Waals surface area contributed by atoms with E-state index in [4.69, 9.17) is 0 Å². The van der Waals surface area contributed by atoms with Gasteiger partial charge in [0.25, 0.3) is 0 Å². The Hall–Kier alpha value is -0.610. The van der Waals surface area contributed by atoms with E-state index in [2.05, 4.69) is 5.32 Å². The number of hydrogen-bond donors (Lipinski definition) is 2. The third kappa shape index (κ3) is 3.42. The standard InChI is InChI=1S/C13H24N2O2/c1-13(17)6-9-15(10-7-13)12(16)11-5-3-2-4-8-14-11/h11,14,17H,2-10H2,1H3. The lowest BCUT2D eigenvalue weighted by Gasteiger charge is -2.37. The van der Waals surface area contributed by atoms with Crippen LogP contribution in [0.4, 0.5) is 0 Å². The van der Waals surface area contributed by atoms with Crippen LogP contribution in [-0.2, 0) is 4.79 Å². The number of piperidine rings is 1. The molecule has 4 heteroatoms. The zero-order chi connectivity index (χ0) is 12.3. The predicted molar refractivity (Wildman–Crippen MR) is 66.7 cm³/mol. The summed E-state index contributed by atoms with van der Waals surface area (Å²) >= 11 is 0. The highest BCUT2D eigenvalue weighted by Gasteiger charge is 2.32. The maximum atomic E-state index is 12.3. The maximum Gasteiger partial charge on any atom is 0.239 e. The molecule has 1 amide bonds. The fourth-order valence-electron chi connectivity index (χ4n) is 2.67. The molecule has 4 nitrogen and oxygen atoms in total. The second-order valence-electron chi connectivity index (χ2n) is 5.68. The molecular weight excluding hydrogens is 216 g/mol. The van der Waals surface area contributed by atoms with Crippen molar-refractivity contribution in [1.82, 2.24) is 10.2 Å². The first-order chi connectivity index (χ1) is 8.08. The van der Waals surface area contributed by atoms with Crippen LogP contribution in [0.2, 0.25) is 0 Å². The third-order valence-corrected chi connectivity index (χ3v) is 4.01. The molecule has 0 aromatic carbocycles. The summed E-state index contributed by atoms with van der Waals surface area (Å²) in [4.78, 5) is 14.2. The summed E-state index contributed by atoms with van der Waals surface area (Å²) in [5.41, 5.74) is -0.576. The summed E-state index contributed by atoms with van der Waals surface area (Å²) < 4.78 is 0. The van der Waals surface area contributed by atoms with E-state index in [-0.39, 0.29) is 11.9 Å². The lowest BCUT2D eigenvalue weighted by atomic mass is 9.93. The van der Waals surface area contributed by atoms with Gasteiger partial charge < -0.3 is 15.3 Å². The zero-order valence-corrected chi connectivity index (χ0v) is 10.7. The van der Waals surface area contributed by atoms with Gasteiger partial charge in [-0.1, -0.05) is 12.8 Å². The number of carbonyl (C=O) groups is 1. The number of hydrogen-bond acceptors (Lipinski definition) is 3. The van der Waals surface area contributed by atoms with Gasteiger partial charge in [0, 0.05) is 13.1 Å². The van der Waals surface area contributed by atoms with Gasteiger partial charge in [-0.2, -0.15) is 0 Å². The van der Waals surface area contributed by atoms with Crippen molar-refractivity contribution >= 4 is 5.91 Å². The van der Waals surface area contributed by atoms with Gasteiger partial charge in [0.2, 0.25) is 5.91 Å². The van der Waals surface area contributed by atoms with Crippen molar-refractivity contribution in [3.8, 4) is 0 Å². The van der Waals surface area contributed by atoms with Crippen LogP contribution in [0.3, 0.4) is 0 Å². The second kappa shape index (κ2) is 5.36. The van der Waals surface area contributed by atoms with Crippen LogP contribution >= 0.6 is 0 Å². The molecule has 2 fully saturated rings. The van der Waals surface area contributed by atoms with Crippen molar-refractivity contribution in [2.75, 3.05) is 19.6 Å². The fraction of sp³-hybridized carbons (Fsp3) is 0.923. The molecule has 2 saturated heterocycles. The van der Waals surface area contributed by atoms with Crippen LogP contribution < -0.4 is 5.32 Å². The highest BCUT2D eigenvalue weighted by Crippen LogP contribution is 2.22. The molecule has 2 heterocycles. The molecule has 0 aliphatic carbocycles. The van der Waals surface area contributed by atoms with E-state index >= 15 is 0 Å². The molecule has 2 N–H and O–H groups in total. The van der Waals surface area contributed by atoms with Gasteiger partial charge >= 0.3 is 0 Å². The highest BCUT2D eigenvalue weighted by atomic mass is 16.3. The molecule has 1 unspecified atom stereocenters. The van der Waals surface area contributed by atoms with Crippen molar-refractivity contribution in [3.63, 3.8) is 0 Å². The van der Waals surface area contributed by atoms with Crippen LogP contribution in [0.5, 0.6) is 0 Å². The summed E-state index contributed by atoms with van der Waals surface area (Å²) in [6.45, 7) is 4.22. The normalized spacial score (nSPS) is 29.8. The molecule has 2 aliphatic rings. The Labute approximate surface area is 103 Å². The molecular formula is C13H24N2O2. The Morgan fingerprint density at radius 3 is 2.71 bits per heavy atom. The Kier molecular flexibility index (Phi) is 4.05. The largest absolute Gasteiger partial charge is 0.390 e. The molecule has 2 rings (SSSR count). The van der Waals surface area contributed by atoms with Crippen molar-refractivity contribution < 1.29 is 9.90 Å². The lowest BCUT2D eigenvalue weighted by Crippen LogP contribution is -2.51. The first-order valence-electron chi connectivity index (χ1n) is 6.83. The SMILES string of the molecule is CC1(O)CCN(C(=O)C2CCCCCN2)CC1. The molecule has 0 bridgehead atoms. The van der Waals surface area contributed by atoms with Crippen molar-refractivity contribution in [1.29, 1.82) is 0 Å². The van der Waals surface area contributed by atoms with Crippen molar-refractivity contribution in [2.45, 2.75) is 57.1 Å². The summed E-state index contributed by atoms with van der Waals surface area (Å²) in [5, 5.41) is 13.2. The predicted octanol–water partition coefficient (Wildman–Crippen LogP) is 0.892. The van der Waals surface area contributed by atoms with E-state index in [1.807, 2.05) is 11.8 Å². The van der Waals surface area contributed by atoms with E-state index in [1.54, 1.807) is 0 Å². The number of amides is 1. The Bertz CT molecular complexity index is 261. The topological polar surface area (TPSA) is 52.6 Å². The Morgan fingerprint density at radius 2 is 2.00 bits per heavy atom. The smallest absolute Gasteiger partial charge is 0.239 e.